The molecule has 0 aliphatic carbocycles. The van der Waals surface area contributed by atoms with Gasteiger partial charge in [-0.3, -0.25) is 4.90 Å². The van der Waals surface area contributed by atoms with Crippen LogP contribution in [0.1, 0.15) is 12.5 Å². The van der Waals surface area contributed by atoms with E-state index in [1.54, 1.807) is 5.38 Å². The number of anilines is 1. The molecule has 3 rings (SSSR count). The summed E-state index contributed by atoms with van der Waals surface area (Å²) in [7, 11) is 0. The van der Waals surface area contributed by atoms with Crippen molar-refractivity contribution < 1.29 is 19.4 Å². The highest BCUT2D eigenvalue weighted by atomic mass is 32.1. The van der Waals surface area contributed by atoms with Crippen molar-refractivity contribution in [2.75, 3.05) is 4.90 Å². The SMILES string of the molecule is C[C@@H](C(=O)O)N(C(=O)OCc1ccccc1)c1csc2ccccc12. The van der Waals surface area contributed by atoms with Crippen molar-refractivity contribution in [3.63, 3.8) is 0 Å². The molecule has 5 nitrogen and oxygen atoms in total. The molecule has 0 saturated heterocycles. The first-order chi connectivity index (χ1) is 12.1. The molecule has 0 aliphatic rings. The van der Waals surface area contributed by atoms with E-state index < -0.39 is 18.1 Å². The molecule has 2 aromatic carbocycles. The lowest BCUT2D eigenvalue weighted by Gasteiger charge is -2.25. The predicted octanol–water partition coefficient (Wildman–Crippen LogP) is 4.52. The van der Waals surface area contributed by atoms with Gasteiger partial charge in [-0.05, 0) is 18.6 Å². The molecule has 1 amide bonds. The smallest absolute Gasteiger partial charge is 0.415 e. The Morgan fingerprint density at radius 2 is 1.80 bits per heavy atom. The fraction of sp³-hybridized carbons (Fsp3) is 0.158. The van der Waals surface area contributed by atoms with Crippen LogP contribution in [0.25, 0.3) is 10.1 Å². The summed E-state index contributed by atoms with van der Waals surface area (Å²) >= 11 is 1.46. The second-order valence-corrected chi connectivity index (χ2v) is 6.45. The van der Waals surface area contributed by atoms with Gasteiger partial charge in [0.25, 0.3) is 0 Å². The Kier molecular flexibility index (Phi) is 5.00. The third-order valence-electron chi connectivity index (χ3n) is 3.87. The van der Waals surface area contributed by atoms with Gasteiger partial charge in [-0.1, -0.05) is 48.5 Å². The average Bonchev–Trinajstić information content (AvgIpc) is 3.05. The number of carbonyl (C=O) groups excluding carboxylic acids is 1. The fourth-order valence-corrected chi connectivity index (χ4v) is 3.45. The Morgan fingerprint density at radius 1 is 1.12 bits per heavy atom. The zero-order valence-corrected chi connectivity index (χ0v) is 14.4. The fourth-order valence-electron chi connectivity index (χ4n) is 2.51. The summed E-state index contributed by atoms with van der Waals surface area (Å²) < 4.78 is 6.34. The summed E-state index contributed by atoms with van der Waals surface area (Å²) in [5.41, 5.74) is 1.39. The molecule has 1 aromatic heterocycles. The molecule has 0 unspecified atom stereocenters. The van der Waals surface area contributed by atoms with Crippen LogP contribution in [0, 0.1) is 0 Å². The van der Waals surface area contributed by atoms with Crippen LogP contribution >= 0.6 is 11.3 Å². The molecule has 6 heteroatoms. The van der Waals surface area contributed by atoms with Gasteiger partial charge in [0.1, 0.15) is 12.6 Å². The first-order valence-corrected chi connectivity index (χ1v) is 8.65. The van der Waals surface area contributed by atoms with Crippen LogP contribution in [0.3, 0.4) is 0 Å². The van der Waals surface area contributed by atoms with Gasteiger partial charge in [0.2, 0.25) is 0 Å². The first kappa shape index (κ1) is 17.0. The van der Waals surface area contributed by atoms with Crippen molar-refractivity contribution in [1.82, 2.24) is 0 Å². The molecule has 1 heterocycles. The number of benzene rings is 2. The van der Waals surface area contributed by atoms with Crippen molar-refractivity contribution in [3.05, 3.63) is 65.5 Å². The quantitative estimate of drug-likeness (QED) is 0.731. The van der Waals surface area contributed by atoms with Crippen molar-refractivity contribution in [2.45, 2.75) is 19.6 Å². The second-order valence-electron chi connectivity index (χ2n) is 5.54. The van der Waals surface area contributed by atoms with E-state index in [0.29, 0.717) is 5.69 Å². The van der Waals surface area contributed by atoms with E-state index in [1.165, 1.54) is 23.2 Å². The first-order valence-electron chi connectivity index (χ1n) is 7.77. The normalized spacial score (nSPS) is 11.9. The molecule has 1 atom stereocenters. The van der Waals surface area contributed by atoms with Crippen LogP contribution < -0.4 is 4.90 Å². The molecule has 128 valence electrons. The minimum Gasteiger partial charge on any atom is -0.480 e. The van der Waals surface area contributed by atoms with Crippen LogP contribution in [0.5, 0.6) is 0 Å². The summed E-state index contributed by atoms with van der Waals surface area (Å²) in [5.74, 6) is -1.09. The molecule has 0 bridgehead atoms. The Morgan fingerprint density at radius 3 is 2.52 bits per heavy atom. The maximum absolute atomic E-state index is 12.6. The van der Waals surface area contributed by atoms with Gasteiger partial charge in [-0.15, -0.1) is 11.3 Å². The van der Waals surface area contributed by atoms with Crippen LogP contribution in [-0.4, -0.2) is 23.2 Å². The number of carboxylic acid groups (broad SMARTS) is 1. The van der Waals surface area contributed by atoms with Crippen molar-refractivity contribution in [2.24, 2.45) is 0 Å². The summed E-state index contributed by atoms with van der Waals surface area (Å²) in [5, 5.41) is 12.0. The molecular weight excluding hydrogens is 338 g/mol. The van der Waals surface area contributed by atoms with Crippen LogP contribution in [-0.2, 0) is 16.1 Å². The zero-order chi connectivity index (χ0) is 17.8. The minimum absolute atomic E-state index is 0.0879. The lowest BCUT2D eigenvalue weighted by atomic mass is 10.2. The highest BCUT2D eigenvalue weighted by molar-refractivity contribution is 7.17. The van der Waals surface area contributed by atoms with Gasteiger partial charge >= 0.3 is 12.1 Å². The van der Waals surface area contributed by atoms with Crippen molar-refractivity contribution >= 4 is 39.2 Å². The maximum Gasteiger partial charge on any atom is 0.415 e. The lowest BCUT2D eigenvalue weighted by molar-refractivity contribution is -0.138. The number of amides is 1. The summed E-state index contributed by atoms with van der Waals surface area (Å²) in [6.07, 6.45) is -0.678. The Labute approximate surface area is 149 Å². The Balaban J connectivity index is 1.89. The maximum atomic E-state index is 12.6. The molecule has 3 aromatic rings. The molecule has 25 heavy (non-hydrogen) atoms. The van der Waals surface area contributed by atoms with E-state index in [1.807, 2.05) is 54.6 Å². The van der Waals surface area contributed by atoms with E-state index in [4.69, 9.17) is 4.74 Å². The molecule has 0 fully saturated rings. The van der Waals surface area contributed by atoms with Gasteiger partial charge < -0.3 is 9.84 Å². The van der Waals surface area contributed by atoms with E-state index in [9.17, 15) is 14.7 Å². The monoisotopic (exact) mass is 355 g/mol. The van der Waals surface area contributed by atoms with E-state index >= 15 is 0 Å². The zero-order valence-electron chi connectivity index (χ0n) is 13.6. The highest BCUT2D eigenvalue weighted by Gasteiger charge is 2.30. The number of carbonyl (C=O) groups is 2. The van der Waals surface area contributed by atoms with Gasteiger partial charge in [0, 0.05) is 15.5 Å². The molecule has 0 radical (unpaired) electrons. The van der Waals surface area contributed by atoms with Crippen LogP contribution in [0.2, 0.25) is 0 Å². The minimum atomic E-state index is -1.09. The number of rotatable bonds is 5. The number of aliphatic carboxylic acids is 1. The molecule has 0 saturated carbocycles. The number of carboxylic acids is 1. The standard InChI is InChI=1S/C19H17NO4S/c1-13(18(21)22)20(16-12-25-17-10-6-5-9-15(16)17)19(23)24-11-14-7-3-2-4-8-14/h2-10,12-13H,11H2,1H3,(H,21,22)/t13-/m0/s1. The number of nitrogens with zero attached hydrogens (tertiary/aromatic N) is 1. The Bertz CT molecular complexity index is 891. The van der Waals surface area contributed by atoms with Gasteiger partial charge in [0.05, 0.1) is 5.69 Å². The predicted molar refractivity (Wildman–Crippen MR) is 98.0 cm³/mol. The summed E-state index contributed by atoms with van der Waals surface area (Å²) in [6.45, 7) is 1.56. The van der Waals surface area contributed by atoms with E-state index in [2.05, 4.69) is 0 Å². The number of ether oxygens (including phenoxy) is 1. The third kappa shape index (κ3) is 3.64. The van der Waals surface area contributed by atoms with Gasteiger partial charge in [-0.2, -0.15) is 0 Å². The van der Waals surface area contributed by atoms with Gasteiger partial charge in [0.15, 0.2) is 0 Å². The number of thiophene rings is 1. The van der Waals surface area contributed by atoms with Crippen molar-refractivity contribution in [1.29, 1.82) is 0 Å². The largest absolute Gasteiger partial charge is 0.480 e. The van der Waals surface area contributed by atoms with E-state index in [0.717, 1.165) is 15.6 Å². The lowest BCUT2D eigenvalue weighted by Crippen LogP contribution is -2.43. The second kappa shape index (κ2) is 7.36. The van der Waals surface area contributed by atoms with Crippen LogP contribution in [0.4, 0.5) is 10.5 Å². The van der Waals surface area contributed by atoms with Crippen LogP contribution in [0.15, 0.2) is 60.0 Å². The molecule has 0 spiro atoms. The number of fused-ring (bicyclic) bond motifs is 1. The van der Waals surface area contributed by atoms with Crippen molar-refractivity contribution in [3.8, 4) is 0 Å². The van der Waals surface area contributed by atoms with E-state index in [-0.39, 0.29) is 6.61 Å². The molecule has 1 N–H and O–H groups in total. The number of hydrogen-bond acceptors (Lipinski definition) is 4. The molecular formula is C19H17NO4S. The highest BCUT2D eigenvalue weighted by Crippen LogP contribution is 2.34. The summed E-state index contributed by atoms with van der Waals surface area (Å²) in [6, 6.07) is 15.8. The van der Waals surface area contributed by atoms with Gasteiger partial charge in [-0.25, -0.2) is 9.59 Å². The summed E-state index contributed by atoms with van der Waals surface area (Å²) in [4.78, 5) is 25.4. The number of hydrogen-bond donors (Lipinski definition) is 1. The molecule has 0 aliphatic heterocycles. The topological polar surface area (TPSA) is 66.8 Å². The Hall–Kier alpha value is -2.86. The average molecular weight is 355 g/mol. The third-order valence-corrected chi connectivity index (χ3v) is 4.82.